The van der Waals surface area contributed by atoms with Crippen LogP contribution in [0.25, 0.3) is 10.8 Å². The molecule has 4 rings (SSSR count). The SMILES string of the molecule is O=C1C=CC(c2ccc(O)cc2)(c2ccc3ccccc3c2)O1. The highest BCUT2D eigenvalue weighted by molar-refractivity contribution is 5.88. The van der Waals surface area contributed by atoms with E-state index in [9.17, 15) is 9.90 Å². The molecule has 3 aromatic rings. The molecule has 3 heteroatoms. The van der Waals surface area contributed by atoms with E-state index in [0.29, 0.717) is 0 Å². The molecule has 3 aromatic carbocycles. The van der Waals surface area contributed by atoms with Crippen molar-refractivity contribution in [2.75, 3.05) is 0 Å². The Morgan fingerprint density at radius 3 is 2.22 bits per heavy atom. The summed E-state index contributed by atoms with van der Waals surface area (Å²) in [4.78, 5) is 11.8. The topological polar surface area (TPSA) is 46.5 Å². The van der Waals surface area contributed by atoms with Gasteiger partial charge in [0, 0.05) is 17.2 Å². The van der Waals surface area contributed by atoms with Crippen molar-refractivity contribution in [2.45, 2.75) is 5.60 Å². The quantitative estimate of drug-likeness (QED) is 0.730. The minimum atomic E-state index is -0.950. The Morgan fingerprint density at radius 1 is 0.826 bits per heavy atom. The second-order valence-corrected chi connectivity index (χ2v) is 5.60. The van der Waals surface area contributed by atoms with Crippen LogP contribution in [0.3, 0.4) is 0 Å². The van der Waals surface area contributed by atoms with Crippen LogP contribution in [-0.4, -0.2) is 11.1 Å². The Bertz CT molecular complexity index is 925. The van der Waals surface area contributed by atoms with Gasteiger partial charge in [-0.25, -0.2) is 4.79 Å². The van der Waals surface area contributed by atoms with Gasteiger partial charge in [0.15, 0.2) is 5.60 Å². The van der Waals surface area contributed by atoms with Crippen molar-refractivity contribution in [3.05, 3.63) is 90.0 Å². The lowest BCUT2D eigenvalue weighted by Gasteiger charge is -2.28. The average Bonchev–Trinajstić information content (AvgIpc) is 2.98. The third-order valence-corrected chi connectivity index (χ3v) is 4.19. The second-order valence-electron chi connectivity index (χ2n) is 5.60. The molecule has 0 fully saturated rings. The highest BCUT2D eigenvalue weighted by Crippen LogP contribution is 2.40. The molecule has 112 valence electrons. The van der Waals surface area contributed by atoms with Gasteiger partial charge in [-0.05, 0) is 35.0 Å². The van der Waals surface area contributed by atoms with Crippen molar-refractivity contribution in [1.82, 2.24) is 0 Å². The smallest absolute Gasteiger partial charge is 0.332 e. The van der Waals surface area contributed by atoms with Crippen molar-refractivity contribution >= 4 is 16.7 Å². The van der Waals surface area contributed by atoms with Crippen LogP contribution in [-0.2, 0) is 15.1 Å². The number of rotatable bonds is 2. The van der Waals surface area contributed by atoms with Crippen molar-refractivity contribution < 1.29 is 14.6 Å². The van der Waals surface area contributed by atoms with Gasteiger partial charge in [0.2, 0.25) is 0 Å². The molecule has 0 aliphatic carbocycles. The summed E-state index contributed by atoms with van der Waals surface area (Å²) in [5.74, 6) is -0.193. The van der Waals surface area contributed by atoms with Crippen molar-refractivity contribution in [1.29, 1.82) is 0 Å². The van der Waals surface area contributed by atoms with E-state index in [2.05, 4.69) is 0 Å². The fourth-order valence-electron chi connectivity index (χ4n) is 3.02. The van der Waals surface area contributed by atoms with Crippen LogP contribution in [0.5, 0.6) is 5.75 Å². The van der Waals surface area contributed by atoms with Crippen LogP contribution in [0.1, 0.15) is 11.1 Å². The molecule has 3 nitrogen and oxygen atoms in total. The Labute approximate surface area is 133 Å². The van der Waals surface area contributed by atoms with Gasteiger partial charge in [0.25, 0.3) is 0 Å². The predicted molar refractivity (Wildman–Crippen MR) is 88.1 cm³/mol. The zero-order chi connectivity index (χ0) is 15.9. The monoisotopic (exact) mass is 302 g/mol. The van der Waals surface area contributed by atoms with Gasteiger partial charge in [-0.2, -0.15) is 0 Å². The highest BCUT2D eigenvalue weighted by Gasteiger charge is 2.39. The number of benzene rings is 3. The first-order valence-corrected chi connectivity index (χ1v) is 7.38. The number of fused-ring (bicyclic) bond motifs is 1. The number of carbonyl (C=O) groups is 1. The summed E-state index contributed by atoms with van der Waals surface area (Å²) in [7, 11) is 0. The standard InChI is InChI=1S/C20H14O3/c21-18-9-7-16(8-10-18)20(12-11-19(22)23-20)17-6-5-14-3-1-2-4-15(14)13-17/h1-13,21H. The van der Waals surface area contributed by atoms with Gasteiger partial charge >= 0.3 is 5.97 Å². The van der Waals surface area contributed by atoms with E-state index >= 15 is 0 Å². The van der Waals surface area contributed by atoms with Gasteiger partial charge in [-0.1, -0.05) is 48.5 Å². The zero-order valence-corrected chi connectivity index (χ0v) is 12.3. The van der Waals surface area contributed by atoms with E-state index in [4.69, 9.17) is 4.74 Å². The molecular weight excluding hydrogens is 288 g/mol. The number of phenols is 1. The average molecular weight is 302 g/mol. The number of aromatic hydroxyl groups is 1. The third kappa shape index (κ3) is 2.18. The summed E-state index contributed by atoms with van der Waals surface area (Å²) in [5, 5.41) is 11.7. The Hall–Kier alpha value is -3.07. The lowest BCUT2D eigenvalue weighted by atomic mass is 9.85. The normalized spacial score (nSPS) is 19.9. The molecule has 23 heavy (non-hydrogen) atoms. The summed E-state index contributed by atoms with van der Waals surface area (Å²) >= 11 is 0. The second kappa shape index (κ2) is 4.99. The fourth-order valence-corrected chi connectivity index (χ4v) is 3.02. The zero-order valence-electron chi connectivity index (χ0n) is 12.3. The lowest BCUT2D eigenvalue weighted by molar-refractivity contribution is -0.143. The van der Waals surface area contributed by atoms with Crippen LogP contribution in [0.2, 0.25) is 0 Å². The van der Waals surface area contributed by atoms with E-state index in [1.807, 2.05) is 42.5 Å². The summed E-state index contributed by atoms with van der Waals surface area (Å²) in [5.41, 5.74) is 0.728. The molecule has 1 aliphatic heterocycles. The van der Waals surface area contributed by atoms with Gasteiger partial charge in [0.05, 0.1) is 0 Å². The van der Waals surface area contributed by atoms with Gasteiger partial charge in [0.1, 0.15) is 5.75 Å². The largest absolute Gasteiger partial charge is 0.508 e. The van der Waals surface area contributed by atoms with E-state index in [-0.39, 0.29) is 11.7 Å². The maximum Gasteiger partial charge on any atom is 0.332 e. The number of phenolic OH excluding ortho intramolecular Hbond substituents is 1. The molecule has 0 saturated heterocycles. The van der Waals surface area contributed by atoms with Gasteiger partial charge < -0.3 is 9.84 Å². The van der Waals surface area contributed by atoms with Crippen LogP contribution in [0.15, 0.2) is 78.9 Å². The van der Waals surface area contributed by atoms with E-state index in [0.717, 1.165) is 21.9 Å². The van der Waals surface area contributed by atoms with Gasteiger partial charge in [-0.15, -0.1) is 0 Å². The van der Waals surface area contributed by atoms with Gasteiger partial charge in [-0.3, -0.25) is 0 Å². The number of hydrogen-bond donors (Lipinski definition) is 1. The first-order chi connectivity index (χ1) is 11.2. The van der Waals surface area contributed by atoms with E-state index in [1.165, 1.54) is 6.08 Å². The summed E-state index contributed by atoms with van der Waals surface area (Å²) < 4.78 is 5.68. The Kier molecular flexibility index (Phi) is 2.95. The minimum absolute atomic E-state index is 0.177. The molecule has 1 aliphatic rings. The number of hydrogen-bond acceptors (Lipinski definition) is 3. The van der Waals surface area contributed by atoms with Crippen molar-refractivity contribution in [3.8, 4) is 5.75 Å². The maximum absolute atomic E-state index is 11.8. The molecule has 1 N–H and O–H groups in total. The Morgan fingerprint density at radius 2 is 1.52 bits per heavy atom. The summed E-state index contributed by atoms with van der Waals surface area (Å²) in [6.07, 6.45) is 3.22. The van der Waals surface area contributed by atoms with Crippen LogP contribution in [0, 0.1) is 0 Å². The van der Waals surface area contributed by atoms with E-state index in [1.54, 1.807) is 30.3 Å². The number of carbonyl (C=O) groups excluding carboxylic acids is 1. The molecule has 0 spiro atoms. The molecule has 0 radical (unpaired) electrons. The first kappa shape index (κ1) is 13.6. The van der Waals surface area contributed by atoms with Crippen LogP contribution in [0.4, 0.5) is 0 Å². The molecule has 1 unspecified atom stereocenters. The third-order valence-electron chi connectivity index (χ3n) is 4.19. The highest BCUT2D eigenvalue weighted by atomic mass is 16.6. The molecule has 0 bridgehead atoms. The lowest BCUT2D eigenvalue weighted by Crippen LogP contribution is -2.27. The maximum atomic E-state index is 11.8. The van der Waals surface area contributed by atoms with Crippen molar-refractivity contribution in [3.63, 3.8) is 0 Å². The summed E-state index contributed by atoms with van der Waals surface area (Å²) in [6.45, 7) is 0. The molecule has 0 amide bonds. The summed E-state index contributed by atoms with van der Waals surface area (Å²) in [6, 6.07) is 20.8. The molecule has 1 heterocycles. The van der Waals surface area contributed by atoms with Crippen molar-refractivity contribution in [2.24, 2.45) is 0 Å². The number of cyclic esters (lactones) is 1. The minimum Gasteiger partial charge on any atom is -0.508 e. The molecule has 0 aromatic heterocycles. The fraction of sp³-hybridized carbons (Fsp3) is 0.0500. The van der Waals surface area contributed by atoms with Crippen LogP contribution >= 0.6 is 0 Å². The first-order valence-electron chi connectivity index (χ1n) is 7.38. The predicted octanol–water partition coefficient (Wildman–Crippen LogP) is 3.90. The number of ether oxygens (including phenoxy) is 1. The van der Waals surface area contributed by atoms with E-state index < -0.39 is 5.60 Å². The molecule has 0 saturated carbocycles. The number of esters is 1. The Balaban J connectivity index is 1.92. The van der Waals surface area contributed by atoms with Crippen LogP contribution < -0.4 is 0 Å². The molecule has 1 atom stereocenters. The molecular formula is C20H14O3.